The van der Waals surface area contributed by atoms with Crippen LogP contribution in [0.2, 0.25) is 0 Å². The average molecular weight is 432 g/mol. The normalized spacial score (nSPS) is 14.2. The lowest BCUT2D eigenvalue weighted by Gasteiger charge is -2.12. The third-order valence-corrected chi connectivity index (χ3v) is 5.86. The molecule has 8 nitrogen and oxygen atoms in total. The predicted molar refractivity (Wildman–Crippen MR) is 115 cm³/mol. The van der Waals surface area contributed by atoms with Gasteiger partial charge in [0.25, 0.3) is 15.9 Å². The quantitative estimate of drug-likeness (QED) is 0.701. The molecule has 9 heteroatoms. The Labute approximate surface area is 176 Å². The van der Waals surface area contributed by atoms with Crippen molar-refractivity contribution in [1.82, 2.24) is 4.72 Å². The number of carbonyl (C=O) groups excluding carboxylic acids is 1. The van der Waals surface area contributed by atoms with Crippen molar-refractivity contribution in [1.29, 1.82) is 0 Å². The first-order valence-electron chi connectivity index (χ1n) is 9.69. The molecule has 30 heavy (non-hydrogen) atoms. The van der Waals surface area contributed by atoms with Gasteiger partial charge in [0.2, 0.25) is 0 Å². The number of ether oxygens (including phenoxy) is 2. The summed E-state index contributed by atoms with van der Waals surface area (Å²) in [5.74, 6) is 1.29. The number of methoxy groups -OCH3 is 1. The van der Waals surface area contributed by atoms with Crippen molar-refractivity contribution in [2.24, 2.45) is 4.99 Å². The maximum Gasteiger partial charge on any atom is 0.262 e. The van der Waals surface area contributed by atoms with Crippen LogP contribution in [0.15, 0.2) is 58.4 Å². The largest absolute Gasteiger partial charge is 0.497 e. The van der Waals surface area contributed by atoms with E-state index in [2.05, 4.69) is 15.0 Å². The van der Waals surface area contributed by atoms with E-state index in [1.807, 2.05) is 0 Å². The molecule has 0 saturated carbocycles. The molecule has 0 saturated heterocycles. The lowest BCUT2D eigenvalue weighted by molar-refractivity contribution is -0.118. The fourth-order valence-corrected chi connectivity index (χ4v) is 4.06. The van der Waals surface area contributed by atoms with Crippen LogP contribution in [0.25, 0.3) is 0 Å². The summed E-state index contributed by atoms with van der Waals surface area (Å²) in [4.78, 5) is 16.5. The highest BCUT2D eigenvalue weighted by atomic mass is 32.2. The fraction of sp³-hybridized carbons (Fsp3) is 0.333. The second-order valence-corrected chi connectivity index (χ2v) is 8.47. The van der Waals surface area contributed by atoms with Gasteiger partial charge in [0.15, 0.2) is 6.61 Å². The summed E-state index contributed by atoms with van der Waals surface area (Å²) in [6.45, 7) is 0.417. The molecule has 1 aliphatic heterocycles. The van der Waals surface area contributed by atoms with Gasteiger partial charge in [-0.2, -0.15) is 0 Å². The smallest absolute Gasteiger partial charge is 0.262 e. The van der Waals surface area contributed by atoms with Gasteiger partial charge < -0.3 is 14.8 Å². The second kappa shape index (κ2) is 10.1. The van der Waals surface area contributed by atoms with Crippen LogP contribution in [0.4, 0.5) is 5.69 Å². The molecule has 0 bridgehead atoms. The zero-order valence-corrected chi connectivity index (χ0v) is 17.6. The summed E-state index contributed by atoms with van der Waals surface area (Å²) in [5, 5.41) is 2.65. The molecule has 1 heterocycles. The van der Waals surface area contributed by atoms with Crippen LogP contribution in [0.1, 0.15) is 25.7 Å². The molecule has 0 unspecified atom stereocenters. The highest BCUT2D eigenvalue weighted by molar-refractivity contribution is 7.90. The van der Waals surface area contributed by atoms with Crippen LogP contribution in [-0.2, 0) is 14.8 Å². The Kier molecular flexibility index (Phi) is 7.29. The van der Waals surface area contributed by atoms with Crippen molar-refractivity contribution in [3.63, 3.8) is 0 Å². The monoisotopic (exact) mass is 431 g/mol. The Morgan fingerprint density at radius 2 is 1.83 bits per heavy atom. The standard InChI is InChI=1S/C21H25N3O5S/c1-28-17-9-11-18(12-10-17)29-15-21(25)23-16-6-5-7-19(14-16)30(26,27)24-20-8-3-2-4-13-22-20/h5-7,9-12,14H,2-4,8,13,15H2,1H3,(H,22,24)(H,23,25). The van der Waals surface area contributed by atoms with Crippen LogP contribution in [-0.4, -0.2) is 40.4 Å². The van der Waals surface area contributed by atoms with Gasteiger partial charge in [0.1, 0.15) is 17.3 Å². The zero-order chi connectivity index (χ0) is 21.4. The minimum Gasteiger partial charge on any atom is -0.497 e. The number of carbonyl (C=O) groups is 1. The van der Waals surface area contributed by atoms with Crippen LogP contribution < -0.4 is 19.5 Å². The summed E-state index contributed by atoms with van der Waals surface area (Å²) in [6, 6.07) is 12.9. The summed E-state index contributed by atoms with van der Waals surface area (Å²) in [5.41, 5.74) is 0.365. The van der Waals surface area contributed by atoms with E-state index < -0.39 is 15.9 Å². The van der Waals surface area contributed by atoms with Crippen LogP contribution >= 0.6 is 0 Å². The maximum atomic E-state index is 12.7. The molecule has 0 atom stereocenters. The Morgan fingerprint density at radius 1 is 1.07 bits per heavy atom. The Bertz CT molecular complexity index is 1000. The number of benzene rings is 2. The highest BCUT2D eigenvalue weighted by Crippen LogP contribution is 2.18. The molecule has 0 spiro atoms. The van der Waals surface area contributed by atoms with Gasteiger partial charge in [0.05, 0.1) is 12.0 Å². The molecule has 0 aliphatic carbocycles. The molecule has 3 rings (SSSR count). The van der Waals surface area contributed by atoms with Gasteiger partial charge in [0, 0.05) is 18.7 Å². The van der Waals surface area contributed by atoms with Crippen LogP contribution in [0.5, 0.6) is 11.5 Å². The molecular formula is C21H25N3O5S. The van der Waals surface area contributed by atoms with Crippen molar-refractivity contribution in [2.75, 3.05) is 25.6 Å². The van der Waals surface area contributed by atoms with E-state index in [1.54, 1.807) is 43.5 Å². The first-order chi connectivity index (χ1) is 14.5. The number of amidine groups is 1. The van der Waals surface area contributed by atoms with Gasteiger partial charge in [-0.25, -0.2) is 8.42 Å². The zero-order valence-electron chi connectivity index (χ0n) is 16.8. The van der Waals surface area contributed by atoms with Crippen molar-refractivity contribution in [3.8, 4) is 11.5 Å². The lowest BCUT2D eigenvalue weighted by atomic mass is 10.2. The summed E-state index contributed by atoms with van der Waals surface area (Å²) in [7, 11) is -2.20. The lowest BCUT2D eigenvalue weighted by Crippen LogP contribution is -2.30. The van der Waals surface area contributed by atoms with Gasteiger partial charge >= 0.3 is 0 Å². The number of hydrogen-bond donors (Lipinski definition) is 2. The Hall–Kier alpha value is -3.07. The fourth-order valence-electron chi connectivity index (χ4n) is 2.93. The maximum absolute atomic E-state index is 12.7. The van der Waals surface area contributed by atoms with Gasteiger partial charge in [-0.05, 0) is 55.3 Å². The second-order valence-electron chi connectivity index (χ2n) is 6.78. The third kappa shape index (κ3) is 6.21. The van der Waals surface area contributed by atoms with E-state index >= 15 is 0 Å². The van der Waals surface area contributed by atoms with Crippen molar-refractivity contribution in [2.45, 2.75) is 30.6 Å². The number of nitrogens with zero attached hydrogens (tertiary/aromatic N) is 1. The van der Waals surface area contributed by atoms with Crippen LogP contribution in [0, 0.1) is 0 Å². The van der Waals surface area contributed by atoms with E-state index in [9.17, 15) is 13.2 Å². The highest BCUT2D eigenvalue weighted by Gasteiger charge is 2.18. The summed E-state index contributed by atoms with van der Waals surface area (Å²) >= 11 is 0. The average Bonchev–Trinajstić information content (AvgIpc) is 3.01. The van der Waals surface area contributed by atoms with Gasteiger partial charge in [-0.1, -0.05) is 12.5 Å². The number of nitrogens with one attached hydrogen (secondary N) is 2. The third-order valence-electron chi connectivity index (χ3n) is 4.48. The van der Waals surface area contributed by atoms with Gasteiger partial charge in [-0.3, -0.25) is 14.5 Å². The molecule has 2 aromatic carbocycles. The molecule has 1 amide bonds. The number of hydrogen-bond acceptors (Lipinski definition) is 6. The first-order valence-corrected chi connectivity index (χ1v) is 11.2. The van der Waals surface area contributed by atoms with Crippen molar-refractivity contribution in [3.05, 3.63) is 48.5 Å². The molecule has 0 radical (unpaired) electrons. The SMILES string of the molecule is COc1ccc(OCC(=O)Nc2cccc(S(=O)(=O)NC3=NCCCCC3)c2)cc1. The number of rotatable bonds is 7. The minimum atomic E-state index is -3.77. The number of anilines is 1. The van der Waals surface area contributed by atoms with Crippen molar-refractivity contribution >= 4 is 27.5 Å². The van der Waals surface area contributed by atoms with E-state index in [1.165, 1.54) is 12.1 Å². The summed E-state index contributed by atoms with van der Waals surface area (Å²) in [6.07, 6.45) is 3.52. The number of amides is 1. The molecule has 1 aliphatic rings. The van der Waals surface area contributed by atoms with Crippen molar-refractivity contribution < 1.29 is 22.7 Å². The van der Waals surface area contributed by atoms with E-state index in [0.717, 1.165) is 19.3 Å². The van der Waals surface area contributed by atoms with E-state index in [-0.39, 0.29) is 11.5 Å². The topological polar surface area (TPSA) is 106 Å². The van der Waals surface area contributed by atoms with Crippen LogP contribution in [0.3, 0.4) is 0 Å². The minimum absolute atomic E-state index is 0.0586. The van der Waals surface area contributed by atoms with Gasteiger partial charge in [-0.15, -0.1) is 0 Å². The molecule has 2 aromatic rings. The van der Waals surface area contributed by atoms with E-state index in [0.29, 0.717) is 36.0 Å². The molecule has 2 N–H and O–H groups in total. The molecule has 0 fully saturated rings. The summed E-state index contributed by atoms with van der Waals surface area (Å²) < 4.78 is 38.4. The Morgan fingerprint density at radius 3 is 2.60 bits per heavy atom. The first kappa shape index (κ1) is 21.6. The molecule has 0 aromatic heterocycles. The predicted octanol–water partition coefficient (Wildman–Crippen LogP) is 2.96. The molecular weight excluding hydrogens is 406 g/mol. The molecule has 160 valence electrons. The van der Waals surface area contributed by atoms with E-state index in [4.69, 9.17) is 9.47 Å². The number of aliphatic imine (C=N–C) groups is 1. The Balaban J connectivity index is 1.59. The number of sulfonamides is 1.